The third kappa shape index (κ3) is 4.74. The Morgan fingerprint density at radius 3 is 2.48 bits per heavy atom. The van der Waals surface area contributed by atoms with Gasteiger partial charge in [-0.25, -0.2) is 0 Å². The number of rotatable bonds is 5. The van der Waals surface area contributed by atoms with Crippen molar-refractivity contribution in [1.29, 1.82) is 0 Å². The van der Waals surface area contributed by atoms with Crippen molar-refractivity contribution < 1.29 is 9.59 Å². The zero-order valence-electron chi connectivity index (χ0n) is 17.8. The molecule has 1 saturated heterocycles. The summed E-state index contributed by atoms with van der Waals surface area (Å²) in [4.78, 5) is 33.4. The van der Waals surface area contributed by atoms with E-state index in [4.69, 9.17) is 0 Å². The van der Waals surface area contributed by atoms with E-state index in [0.717, 1.165) is 22.8 Å². The molecule has 160 valence electrons. The predicted octanol–water partition coefficient (Wildman–Crippen LogP) is 2.50. The van der Waals surface area contributed by atoms with Gasteiger partial charge in [-0.2, -0.15) is 5.10 Å². The number of nitrogens with one attached hydrogen (secondary N) is 1. The highest BCUT2D eigenvalue weighted by Crippen LogP contribution is 2.27. The van der Waals surface area contributed by atoms with Crippen LogP contribution in [-0.4, -0.2) is 57.7 Å². The van der Waals surface area contributed by atoms with E-state index in [1.165, 1.54) is 0 Å². The van der Waals surface area contributed by atoms with Gasteiger partial charge >= 0.3 is 0 Å². The monoisotopic (exact) mass is 418 g/mol. The molecule has 31 heavy (non-hydrogen) atoms. The molecule has 3 heterocycles. The number of para-hydroxylation sites is 2. The summed E-state index contributed by atoms with van der Waals surface area (Å²) in [6.07, 6.45) is 3.19. The summed E-state index contributed by atoms with van der Waals surface area (Å²) >= 11 is 0. The highest BCUT2D eigenvalue weighted by atomic mass is 16.2. The first kappa shape index (κ1) is 20.6. The highest BCUT2D eigenvalue weighted by Gasteiger charge is 2.23. The normalized spacial score (nSPS) is 13.9. The van der Waals surface area contributed by atoms with Crippen molar-refractivity contribution in [3.8, 4) is 0 Å². The van der Waals surface area contributed by atoms with Gasteiger partial charge in [-0.1, -0.05) is 12.1 Å². The van der Waals surface area contributed by atoms with Crippen molar-refractivity contribution >= 4 is 23.2 Å². The second-order valence-corrected chi connectivity index (χ2v) is 7.67. The second kappa shape index (κ2) is 8.99. The Kier molecular flexibility index (Phi) is 5.97. The minimum absolute atomic E-state index is 0.0732. The van der Waals surface area contributed by atoms with Crippen LogP contribution in [0.25, 0.3) is 0 Å². The van der Waals surface area contributed by atoms with Gasteiger partial charge in [0.15, 0.2) is 0 Å². The summed E-state index contributed by atoms with van der Waals surface area (Å²) in [5.41, 5.74) is 4.11. The van der Waals surface area contributed by atoms with Gasteiger partial charge in [0, 0.05) is 44.3 Å². The first-order valence-corrected chi connectivity index (χ1v) is 10.4. The van der Waals surface area contributed by atoms with Gasteiger partial charge in [-0.3, -0.25) is 19.3 Å². The van der Waals surface area contributed by atoms with Crippen LogP contribution >= 0.6 is 0 Å². The van der Waals surface area contributed by atoms with E-state index < -0.39 is 0 Å². The third-order valence-electron chi connectivity index (χ3n) is 5.44. The summed E-state index contributed by atoms with van der Waals surface area (Å²) in [6, 6.07) is 13.2. The minimum Gasteiger partial charge on any atom is -0.366 e. The van der Waals surface area contributed by atoms with E-state index >= 15 is 0 Å². The van der Waals surface area contributed by atoms with Crippen molar-refractivity contribution in [3.05, 3.63) is 71.8 Å². The standard InChI is InChI=1S/C23H26N6O2/c1-17-14-18(2)29(26-17)16-22(30)28-12-10-27(11-13-28)21-8-4-3-7-20(21)25-23(31)19-6-5-9-24-15-19/h3-9,14-15H,10-13,16H2,1-2H3,(H,25,31). The van der Waals surface area contributed by atoms with E-state index in [0.29, 0.717) is 31.7 Å². The van der Waals surface area contributed by atoms with Crippen LogP contribution in [0, 0.1) is 13.8 Å². The summed E-state index contributed by atoms with van der Waals surface area (Å²) in [5.74, 6) is -0.122. The number of piperazine rings is 1. The van der Waals surface area contributed by atoms with Gasteiger partial charge in [0.1, 0.15) is 6.54 Å². The Hall–Kier alpha value is -3.68. The van der Waals surface area contributed by atoms with Crippen LogP contribution in [0.1, 0.15) is 21.7 Å². The van der Waals surface area contributed by atoms with Crippen LogP contribution in [0.5, 0.6) is 0 Å². The van der Waals surface area contributed by atoms with Crippen LogP contribution in [-0.2, 0) is 11.3 Å². The predicted molar refractivity (Wildman–Crippen MR) is 119 cm³/mol. The summed E-state index contributed by atoms with van der Waals surface area (Å²) in [7, 11) is 0. The van der Waals surface area contributed by atoms with Crippen LogP contribution in [0.3, 0.4) is 0 Å². The van der Waals surface area contributed by atoms with E-state index in [9.17, 15) is 9.59 Å². The quantitative estimate of drug-likeness (QED) is 0.688. The Labute approximate surface area is 181 Å². The fraction of sp³-hybridized carbons (Fsp3) is 0.304. The summed E-state index contributed by atoms with van der Waals surface area (Å²) in [6.45, 7) is 6.80. The van der Waals surface area contributed by atoms with Gasteiger partial charge in [0.05, 0.1) is 22.6 Å². The van der Waals surface area contributed by atoms with Crippen molar-refractivity contribution in [2.75, 3.05) is 36.4 Å². The number of carbonyl (C=O) groups is 2. The SMILES string of the molecule is Cc1cc(C)n(CC(=O)N2CCN(c3ccccc3NC(=O)c3cccnc3)CC2)n1. The van der Waals surface area contributed by atoms with Crippen molar-refractivity contribution in [3.63, 3.8) is 0 Å². The maximum atomic E-state index is 12.7. The number of hydrogen-bond donors (Lipinski definition) is 1. The Bertz CT molecular complexity index is 1070. The average Bonchev–Trinajstić information content (AvgIpc) is 3.11. The smallest absolute Gasteiger partial charge is 0.257 e. The lowest BCUT2D eigenvalue weighted by Gasteiger charge is -2.37. The molecule has 3 aromatic rings. The Morgan fingerprint density at radius 2 is 1.81 bits per heavy atom. The molecule has 0 atom stereocenters. The third-order valence-corrected chi connectivity index (χ3v) is 5.44. The molecule has 1 aliphatic rings. The molecule has 1 fully saturated rings. The molecule has 0 saturated carbocycles. The van der Waals surface area contributed by atoms with Crippen LogP contribution in [0.4, 0.5) is 11.4 Å². The van der Waals surface area contributed by atoms with E-state index in [1.807, 2.05) is 49.1 Å². The van der Waals surface area contributed by atoms with Crippen LogP contribution in [0.15, 0.2) is 54.9 Å². The number of aromatic nitrogens is 3. The van der Waals surface area contributed by atoms with Crippen molar-refractivity contribution in [2.45, 2.75) is 20.4 Å². The molecule has 1 aromatic carbocycles. The van der Waals surface area contributed by atoms with E-state index in [2.05, 4.69) is 20.3 Å². The van der Waals surface area contributed by atoms with Crippen molar-refractivity contribution in [1.82, 2.24) is 19.7 Å². The summed E-state index contributed by atoms with van der Waals surface area (Å²) in [5, 5.41) is 7.37. The Balaban J connectivity index is 1.39. The number of aryl methyl sites for hydroxylation is 2. The molecule has 8 nitrogen and oxygen atoms in total. The number of pyridine rings is 1. The van der Waals surface area contributed by atoms with Gasteiger partial charge in [-0.15, -0.1) is 0 Å². The van der Waals surface area contributed by atoms with Crippen LogP contribution < -0.4 is 10.2 Å². The fourth-order valence-electron chi connectivity index (χ4n) is 3.81. The zero-order valence-corrected chi connectivity index (χ0v) is 17.8. The van der Waals surface area contributed by atoms with E-state index in [1.54, 1.807) is 29.2 Å². The molecule has 0 spiro atoms. The van der Waals surface area contributed by atoms with Gasteiger partial charge in [-0.05, 0) is 44.2 Å². The molecular weight excluding hydrogens is 392 g/mol. The Morgan fingerprint density at radius 1 is 1.03 bits per heavy atom. The average molecular weight is 419 g/mol. The molecule has 1 N–H and O–H groups in total. The van der Waals surface area contributed by atoms with Gasteiger partial charge < -0.3 is 15.1 Å². The molecule has 0 unspecified atom stereocenters. The van der Waals surface area contributed by atoms with Crippen LogP contribution in [0.2, 0.25) is 0 Å². The molecule has 0 aliphatic carbocycles. The van der Waals surface area contributed by atoms with Gasteiger partial charge in [0.25, 0.3) is 5.91 Å². The molecule has 8 heteroatoms. The molecule has 0 bridgehead atoms. The molecule has 0 radical (unpaired) electrons. The lowest BCUT2D eigenvalue weighted by Crippen LogP contribution is -2.49. The number of amides is 2. The molecule has 2 amide bonds. The first-order chi connectivity index (χ1) is 15.0. The topological polar surface area (TPSA) is 83.4 Å². The highest BCUT2D eigenvalue weighted by molar-refractivity contribution is 6.05. The number of anilines is 2. The number of hydrogen-bond acceptors (Lipinski definition) is 5. The zero-order chi connectivity index (χ0) is 21.8. The summed E-state index contributed by atoms with van der Waals surface area (Å²) < 4.78 is 1.76. The van der Waals surface area contributed by atoms with Gasteiger partial charge in [0.2, 0.25) is 5.91 Å². The second-order valence-electron chi connectivity index (χ2n) is 7.67. The lowest BCUT2D eigenvalue weighted by atomic mass is 10.2. The maximum Gasteiger partial charge on any atom is 0.257 e. The molecule has 1 aliphatic heterocycles. The maximum absolute atomic E-state index is 12.7. The minimum atomic E-state index is -0.195. The number of benzene rings is 1. The largest absolute Gasteiger partial charge is 0.366 e. The molecule has 4 rings (SSSR count). The molecular formula is C23H26N6O2. The number of carbonyl (C=O) groups excluding carboxylic acids is 2. The number of nitrogens with zero attached hydrogens (tertiary/aromatic N) is 5. The fourth-order valence-corrected chi connectivity index (χ4v) is 3.81. The molecule has 2 aromatic heterocycles. The lowest BCUT2D eigenvalue weighted by molar-refractivity contribution is -0.132. The first-order valence-electron chi connectivity index (χ1n) is 10.4. The van der Waals surface area contributed by atoms with E-state index in [-0.39, 0.29) is 18.4 Å². The van der Waals surface area contributed by atoms with Crippen molar-refractivity contribution in [2.24, 2.45) is 0 Å².